The number of hydrogen-bond donors (Lipinski definition) is 1. The molecule has 0 radical (unpaired) electrons. The molecule has 0 saturated carbocycles. The fourth-order valence-electron chi connectivity index (χ4n) is 2.44. The van der Waals surface area contributed by atoms with Crippen molar-refractivity contribution < 1.29 is 9.85 Å². The summed E-state index contributed by atoms with van der Waals surface area (Å²) in [5.41, 5.74) is 6.05. The van der Waals surface area contributed by atoms with Crippen LogP contribution in [0.5, 0.6) is 0 Å². The van der Waals surface area contributed by atoms with Crippen molar-refractivity contribution in [2.24, 2.45) is 5.10 Å². The molecule has 0 aliphatic rings. The Labute approximate surface area is 138 Å². The molecule has 0 spiro atoms. The summed E-state index contributed by atoms with van der Waals surface area (Å²) in [6.07, 6.45) is 1.58. The van der Waals surface area contributed by atoms with E-state index in [-0.39, 0.29) is 11.4 Å². The maximum atomic E-state index is 11.1. The third-order valence-corrected chi connectivity index (χ3v) is 3.51. The standard InChI is InChI=1S/C16H16N4O4/c1-10-6-11(2)14(12(3)7-10)9-17-18-15-5-4-13(19(21)22)8-16(15)20(23)24/h4-9,18H,1-3H3/b17-9+. The Morgan fingerprint density at radius 3 is 2.17 bits per heavy atom. The van der Waals surface area contributed by atoms with Crippen LogP contribution < -0.4 is 5.43 Å². The van der Waals surface area contributed by atoms with Crippen molar-refractivity contribution in [2.45, 2.75) is 20.8 Å². The predicted molar refractivity (Wildman–Crippen MR) is 91.6 cm³/mol. The van der Waals surface area contributed by atoms with Crippen LogP contribution in [0, 0.1) is 41.0 Å². The quantitative estimate of drug-likeness (QED) is 0.509. The summed E-state index contributed by atoms with van der Waals surface area (Å²) in [4.78, 5) is 20.4. The van der Waals surface area contributed by atoms with Crippen molar-refractivity contribution in [1.82, 2.24) is 0 Å². The van der Waals surface area contributed by atoms with E-state index in [9.17, 15) is 20.2 Å². The third-order valence-electron chi connectivity index (χ3n) is 3.51. The highest BCUT2D eigenvalue weighted by Crippen LogP contribution is 2.28. The van der Waals surface area contributed by atoms with E-state index in [2.05, 4.69) is 10.5 Å². The average Bonchev–Trinajstić information content (AvgIpc) is 2.49. The molecule has 0 fully saturated rings. The van der Waals surface area contributed by atoms with Crippen LogP contribution in [0.2, 0.25) is 0 Å². The van der Waals surface area contributed by atoms with Gasteiger partial charge in [-0.3, -0.25) is 25.7 Å². The van der Waals surface area contributed by atoms with E-state index in [1.807, 2.05) is 32.9 Å². The monoisotopic (exact) mass is 328 g/mol. The fourth-order valence-corrected chi connectivity index (χ4v) is 2.44. The number of non-ortho nitro benzene ring substituents is 1. The first kappa shape index (κ1) is 17.1. The molecule has 0 bridgehead atoms. The molecule has 1 N–H and O–H groups in total. The first-order chi connectivity index (χ1) is 11.3. The number of rotatable bonds is 5. The van der Waals surface area contributed by atoms with Gasteiger partial charge in [-0.25, -0.2) is 0 Å². The van der Waals surface area contributed by atoms with Crippen molar-refractivity contribution in [3.8, 4) is 0 Å². The topological polar surface area (TPSA) is 111 Å². The summed E-state index contributed by atoms with van der Waals surface area (Å²) in [7, 11) is 0. The number of nitro groups is 2. The van der Waals surface area contributed by atoms with Crippen LogP contribution in [0.1, 0.15) is 22.3 Å². The van der Waals surface area contributed by atoms with E-state index in [1.54, 1.807) is 6.21 Å². The van der Waals surface area contributed by atoms with E-state index in [0.29, 0.717) is 0 Å². The average molecular weight is 328 g/mol. The Morgan fingerprint density at radius 2 is 1.62 bits per heavy atom. The summed E-state index contributed by atoms with van der Waals surface area (Å²) in [6, 6.07) is 7.39. The molecule has 0 aliphatic heterocycles. The Morgan fingerprint density at radius 1 is 1.00 bits per heavy atom. The second-order valence-corrected chi connectivity index (χ2v) is 5.40. The maximum absolute atomic E-state index is 11.1. The fraction of sp³-hybridized carbons (Fsp3) is 0.188. The summed E-state index contributed by atoms with van der Waals surface area (Å²) < 4.78 is 0. The van der Waals surface area contributed by atoms with Gasteiger partial charge in [0.1, 0.15) is 5.69 Å². The molecule has 2 aromatic rings. The van der Waals surface area contributed by atoms with Gasteiger partial charge in [0.15, 0.2) is 0 Å². The molecule has 2 aromatic carbocycles. The van der Waals surface area contributed by atoms with Crippen molar-refractivity contribution in [3.05, 3.63) is 72.8 Å². The number of anilines is 1. The van der Waals surface area contributed by atoms with E-state index >= 15 is 0 Å². The summed E-state index contributed by atoms with van der Waals surface area (Å²) in [6.45, 7) is 5.91. The smallest absolute Gasteiger partial charge is 0.272 e. The lowest BCUT2D eigenvalue weighted by molar-refractivity contribution is -0.393. The van der Waals surface area contributed by atoms with Gasteiger partial charge in [-0.05, 0) is 38.0 Å². The number of benzene rings is 2. The number of hydrazone groups is 1. The molecule has 124 valence electrons. The van der Waals surface area contributed by atoms with Gasteiger partial charge in [-0.1, -0.05) is 17.7 Å². The van der Waals surface area contributed by atoms with E-state index < -0.39 is 15.5 Å². The SMILES string of the molecule is Cc1cc(C)c(/C=N/Nc2ccc([N+](=O)[O-])cc2[N+](=O)[O-])c(C)c1. The largest absolute Gasteiger partial charge is 0.301 e. The number of nitrogens with one attached hydrogen (secondary N) is 1. The van der Waals surface area contributed by atoms with Gasteiger partial charge in [0.05, 0.1) is 22.1 Å². The predicted octanol–water partition coefficient (Wildman–Crippen LogP) is 3.87. The summed E-state index contributed by atoms with van der Waals surface area (Å²) in [5, 5.41) is 25.8. The van der Waals surface area contributed by atoms with Gasteiger partial charge < -0.3 is 0 Å². The lowest BCUT2D eigenvalue weighted by atomic mass is 10.0. The van der Waals surface area contributed by atoms with Crippen LogP contribution in [-0.2, 0) is 0 Å². The minimum Gasteiger partial charge on any atom is -0.272 e. The zero-order valence-electron chi connectivity index (χ0n) is 13.4. The molecule has 0 aromatic heterocycles. The number of hydrogen-bond acceptors (Lipinski definition) is 6. The lowest BCUT2D eigenvalue weighted by Gasteiger charge is -2.07. The summed E-state index contributed by atoms with van der Waals surface area (Å²) in [5.74, 6) is 0. The molecule has 0 aliphatic carbocycles. The normalized spacial score (nSPS) is 10.8. The molecule has 0 unspecified atom stereocenters. The molecule has 0 atom stereocenters. The van der Waals surface area contributed by atoms with Gasteiger partial charge >= 0.3 is 5.69 Å². The van der Waals surface area contributed by atoms with Gasteiger partial charge in [0, 0.05) is 11.6 Å². The summed E-state index contributed by atoms with van der Waals surface area (Å²) >= 11 is 0. The minimum absolute atomic E-state index is 0.0873. The lowest BCUT2D eigenvalue weighted by Crippen LogP contribution is -2.00. The second-order valence-electron chi connectivity index (χ2n) is 5.40. The van der Waals surface area contributed by atoms with Crippen LogP contribution in [0.3, 0.4) is 0 Å². The van der Waals surface area contributed by atoms with Crippen LogP contribution in [0.15, 0.2) is 35.4 Å². The van der Waals surface area contributed by atoms with Crippen LogP contribution in [-0.4, -0.2) is 16.1 Å². The van der Waals surface area contributed by atoms with Gasteiger partial charge in [0.25, 0.3) is 5.69 Å². The molecular weight excluding hydrogens is 312 g/mol. The maximum Gasteiger partial charge on any atom is 0.301 e. The Bertz CT molecular complexity index is 823. The first-order valence-corrected chi connectivity index (χ1v) is 7.09. The van der Waals surface area contributed by atoms with Gasteiger partial charge in [-0.2, -0.15) is 5.10 Å². The van der Waals surface area contributed by atoms with E-state index in [1.165, 1.54) is 12.1 Å². The van der Waals surface area contributed by atoms with Crippen molar-refractivity contribution in [3.63, 3.8) is 0 Å². The molecular formula is C16H16N4O4. The number of nitro benzene ring substituents is 2. The van der Waals surface area contributed by atoms with Gasteiger partial charge in [0.2, 0.25) is 0 Å². The van der Waals surface area contributed by atoms with Crippen LogP contribution in [0.4, 0.5) is 17.1 Å². The zero-order chi connectivity index (χ0) is 17.9. The van der Waals surface area contributed by atoms with Crippen LogP contribution >= 0.6 is 0 Å². The molecule has 8 nitrogen and oxygen atoms in total. The molecule has 0 saturated heterocycles. The minimum atomic E-state index is -0.687. The Balaban J connectivity index is 2.29. The van der Waals surface area contributed by atoms with E-state index in [4.69, 9.17) is 0 Å². The highest BCUT2D eigenvalue weighted by molar-refractivity contribution is 5.84. The first-order valence-electron chi connectivity index (χ1n) is 7.09. The van der Waals surface area contributed by atoms with Crippen molar-refractivity contribution in [2.75, 3.05) is 5.43 Å². The van der Waals surface area contributed by atoms with Crippen molar-refractivity contribution in [1.29, 1.82) is 0 Å². The second kappa shape index (κ2) is 6.86. The molecule has 0 heterocycles. The Hall–Kier alpha value is -3.29. The molecule has 2 rings (SSSR count). The van der Waals surface area contributed by atoms with Gasteiger partial charge in [-0.15, -0.1) is 0 Å². The molecule has 0 amide bonds. The zero-order valence-corrected chi connectivity index (χ0v) is 13.4. The van der Waals surface area contributed by atoms with Crippen LogP contribution in [0.25, 0.3) is 0 Å². The Kier molecular flexibility index (Phi) is 4.88. The van der Waals surface area contributed by atoms with E-state index in [0.717, 1.165) is 28.3 Å². The molecule has 24 heavy (non-hydrogen) atoms. The highest BCUT2D eigenvalue weighted by atomic mass is 16.6. The number of nitrogens with zero attached hydrogens (tertiary/aromatic N) is 3. The highest BCUT2D eigenvalue weighted by Gasteiger charge is 2.19. The van der Waals surface area contributed by atoms with Crippen molar-refractivity contribution >= 4 is 23.3 Å². The molecule has 8 heteroatoms. The number of aryl methyl sites for hydroxylation is 3. The third kappa shape index (κ3) is 3.72.